The first-order valence-corrected chi connectivity index (χ1v) is 7.06. The van der Waals surface area contributed by atoms with Crippen LogP contribution in [0.4, 0.5) is 13.2 Å². The van der Waals surface area contributed by atoms with E-state index in [0.717, 1.165) is 12.1 Å². The predicted octanol–water partition coefficient (Wildman–Crippen LogP) is 1.57. The number of rotatable bonds is 4. The number of carbonyl (C=O) groups excluding carboxylic acids is 2. The first kappa shape index (κ1) is 17.3. The molecule has 1 N–H and O–H groups in total. The summed E-state index contributed by atoms with van der Waals surface area (Å²) in [6.45, 7) is 1.22. The number of benzene rings is 1. The number of hydrogen-bond acceptors (Lipinski definition) is 4. The Morgan fingerprint density at radius 2 is 2.00 bits per heavy atom. The van der Waals surface area contributed by atoms with Crippen LogP contribution in [-0.2, 0) is 27.0 Å². The van der Waals surface area contributed by atoms with Gasteiger partial charge in [-0.3, -0.25) is 14.5 Å². The van der Waals surface area contributed by atoms with Crippen LogP contribution in [0.3, 0.4) is 0 Å². The lowest BCUT2D eigenvalue weighted by molar-refractivity contribution is -0.146. The Morgan fingerprint density at radius 1 is 1.35 bits per heavy atom. The van der Waals surface area contributed by atoms with Crippen LogP contribution in [0, 0.1) is 0 Å². The molecule has 1 saturated heterocycles. The van der Waals surface area contributed by atoms with Crippen molar-refractivity contribution >= 4 is 11.9 Å². The number of hydrogen-bond donors (Lipinski definition) is 1. The average Bonchev–Trinajstić information content (AvgIpc) is 2.50. The molecule has 8 heteroatoms. The Kier molecular flexibility index (Phi) is 5.25. The third-order valence-corrected chi connectivity index (χ3v) is 3.70. The van der Waals surface area contributed by atoms with E-state index in [4.69, 9.17) is 0 Å². The van der Waals surface area contributed by atoms with E-state index >= 15 is 0 Å². The average molecular weight is 330 g/mol. The van der Waals surface area contributed by atoms with Gasteiger partial charge in [-0.1, -0.05) is 12.1 Å². The van der Waals surface area contributed by atoms with Gasteiger partial charge in [-0.25, -0.2) is 0 Å². The van der Waals surface area contributed by atoms with Crippen molar-refractivity contribution in [2.75, 3.05) is 20.2 Å². The van der Waals surface area contributed by atoms with Gasteiger partial charge in [0, 0.05) is 19.6 Å². The quantitative estimate of drug-likeness (QED) is 0.852. The second-order valence-corrected chi connectivity index (χ2v) is 5.25. The van der Waals surface area contributed by atoms with Gasteiger partial charge in [-0.15, -0.1) is 0 Å². The fraction of sp³-hybridized carbons (Fsp3) is 0.467. The van der Waals surface area contributed by atoms with Crippen LogP contribution in [0.15, 0.2) is 24.3 Å². The van der Waals surface area contributed by atoms with Crippen LogP contribution in [0.1, 0.15) is 17.5 Å². The zero-order chi connectivity index (χ0) is 17.0. The first-order valence-electron chi connectivity index (χ1n) is 7.06. The first-order chi connectivity index (χ1) is 10.8. The number of halogens is 3. The number of ether oxygens (including phenoxy) is 1. The lowest BCUT2D eigenvalue weighted by Crippen LogP contribution is -2.55. The molecule has 1 aromatic carbocycles. The summed E-state index contributed by atoms with van der Waals surface area (Å²) < 4.78 is 42.3. The maximum Gasteiger partial charge on any atom is 0.416 e. The molecule has 23 heavy (non-hydrogen) atoms. The highest BCUT2D eigenvalue weighted by Crippen LogP contribution is 2.29. The largest absolute Gasteiger partial charge is 0.469 e. The Morgan fingerprint density at radius 3 is 2.57 bits per heavy atom. The monoisotopic (exact) mass is 330 g/mol. The van der Waals surface area contributed by atoms with E-state index < -0.39 is 23.8 Å². The number of nitrogens with zero attached hydrogens (tertiary/aromatic N) is 1. The van der Waals surface area contributed by atoms with Crippen molar-refractivity contribution in [1.82, 2.24) is 10.2 Å². The lowest BCUT2D eigenvalue weighted by atomic mass is 10.1. The zero-order valence-corrected chi connectivity index (χ0v) is 12.5. The van der Waals surface area contributed by atoms with E-state index in [1.807, 2.05) is 0 Å². The van der Waals surface area contributed by atoms with Gasteiger partial charge >= 0.3 is 12.1 Å². The van der Waals surface area contributed by atoms with Gasteiger partial charge in [-0.05, 0) is 17.7 Å². The maximum absolute atomic E-state index is 12.6. The summed E-state index contributed by atoms with van der Waals surface area (Å²) in [5, 5.41) is 2.67. The standard InChI is InChI=1S/C15H17F3N2O3/c1-23-13(21)8-12-14(22)19-6-7-20(12)9-10-2-4-11(5-3-10)15(16,17)18/h2-5,12H,6-9H2,1H3,(H,19,22)/t12-/m0/s1. The summed E-state index contributed by atoms with van der Waals surface area (Å²) in [5.74, 6) is -0.793. The second-order valence-electron chi connectivity index (χ2n) is 5.25. The molecule has 1 aromatic rings. The van der Waals surface area contributed by atoms with Crippen LogP contribution < -0.4 is 5.32 Å². The topological polar surface area (TPSA) is 58.6 Å². The number of alkyl halides is 3. The minimum absolute atomic E-state index is 0.0943. The molecule has 0 radical (unpaired) electrons. The molecule has 126 valence electrons. The van der Waals surface area contributed by atoms with E-state index in [1.54, 1.807) is 4.90 Å². The molecule has 5 nitrogen and oxygen atoms in total. The Bertz CT molecular complexity index is 572. The molecule has 1 heterocycles. The summed E-state index contributed by atoms with van der Waals surface area (Å²) in [4.78, 5) is 25.1. The van der Waals surface area contributed by atoms with Crippen molar-refractivity contribution in [2.45, 2.75) is 25.2 Å². The normalized spacial score (nSPS) is 19.3. The summed E-state index contributed by atoms with van der Waals surface area (Å²) >= 11 is 0. The third-order valence-electron chi connectivity index (χ3n) is 3.70. The number of carbonyl (C=O) groups is 2. The van der Waals surface area contributed by atoms with E-state index in [-0.39, 0.29) is 18.9 Å². The van der Waals surface area contributed by atoms with E-state index in [9.17, 15) is 22.8 Å². The molecule has 0 saturated carbocycles. The number of piperazine rings is 1. The van der Waals surface area contributed by atoms with Gasteiger partial charge in [0.25, 0.3) is 0 Å². The summed E-state index contributed by atoms with van der Waals surface area (Å²) in [7, 11) is 1.24. The molecule has 1 fully saturated rings. The highest BCUT2D eigenvalue weighted by molar-refractivity contribution is 5.87. The number of esters is 1. The van der Waals surface area contributed by atoms with Gasteiger partial charge in [0.1, 0.15) is 6.04 Å². The van der Waals surface area contributed by atoms with Crippen molar-refractivity contribution < 1.29 is 27.5 Å². The molecule has 1 aliphatic heterocycles. The highest BCUT2D eigenvalue weighted by Gasteiger charge is 2.33. The summed E-state index contributed by atoms with van der Waals surface area (Å²) in [6.07, 6.45) is -4.47. The smallest absolute Gasteiger partial charge is 0.416 e. The van der Waals surface area contributed by atoms with Gasteiger partial charge in [-0.2, -0.15) is 13.2 Å². The Balaban J connectivity index is 2.09. The van der Waals surface area contributed by atoms with Crippen LogP contribution in [-0.4, -0.2) is 43.0 Å². The van der Waals surface area contributed by atoms with Crippen LogP contribution in [0.2, 0.25) is 0 Å². The van der Waals surface area contributed by atoms with E-state index in [2.05, 4.69) is 10.1 Å². The van der Waals surface area contributed by atoms with Crippen molar-refractivity contribution in [2.24, 2.45) is 0 Å². The van der Waals surface area contributed by atoms with E-state index in [0.29, 0.717) is 18.7 Å². The Labute approximate surface area is 131 Å². The van der Waals surface area contributed by atoms with E-state index in [1.165, 1.54) is 19.2 Å². The van der Waals surface area contributed by atoms with Crippen molar-refractivity contribution in [3.8, 4) is 0 Å². The minimum Gasteiger partial charge on any atom is -0.469 e. The summed E-state index contributed by atoms with van der Waals surface area (Å²) in [5.41, 5.74) is -0.0775. The molecule has 1 amide bonds. The van der Waals surface area contributed by atoms with Crippen LogP contribution >= 0.6 is 0 Å². The fourth-order valence-corrected chi connectivity index (χ4v) is 2.45. The molecular weight excluding hydrogens is 313 g/mol. The lowest BCUT2D eigenvalue weighted by Gasteiger charge is -2.34. The summed E-state index contributed by atoms with van der Waals surface area (Å²) in [6, 6.07) is 4.09. The molecule has 0 aliphatic carbocycles. The predicted molar refractivity (Wildman–Crippen MR) is 75.3 cm³/mol. The number of nitrogens with one attached hydrogen (secondary N) is 1. The molecule has 1 atom stereocenters. The third kappa shape index (κ3) is 4.44. The van der Waals surface area contributed by atoms with Crippen molar-refractivity contribution in [3.63, 3.8) is 0 Å². The minimum atomic E-state index is -4.38. The fourth-order valence-electron chi connectivity index (χ4n) is 2.45. The number of methoxy groups -OCH3 is 1. The van der Waals surface area contributed by atoms with Crippen molar-refractivity contribution in [3.05, 3.63) is 35.4 Å². The van der Waals surface area contributed by atoms with Crippen LogP contribution in [0.5, 0.6) is 0 Å². The van der Waals surface area contributed by atoms with Crippen LogP contribution in [0.25, 0.3) is 0 Å². The maximum atomic E-state index is 12.6. The molecular formula is C15H17F3N2O3. The van der Waals surface area contributed by atoms with Gasteiger partial charge < -0.3 is 10.1 Å². The molecule has 1 aliphatic rings. The van der Waals surface area contributed by atoms with Gasteiger partial charge in [0.05, 0.1) is 19.1 Å². The van der Waals surface area contributed by atoms with Gasteiger partial charge in [0.15, 0.2) is 0 Å². The molecule has 0 spiro atoms. The molecule has 0 aromatic heterocycles. The highest BCUT2D eigenvalue weighted by atomic mass is 19.4. The number of amides is 1. The SMILES string of the molecule is COC(=O)C[C@H]1C(=O)NCCN1Cc1ccc(C(F)(F)F)cc1. The van der Waals surface area contributed by atoms with Crippen molar-refractivity contribution in [1.29, 1.82) is 0 Å². The Hall–Kier alpha value is -2.09. The molecule has 0 unspecified atom stereocenters. The second kappa shape index (κ2) is 6.99. The molecule has 2 rings (SSSR count). The van der Waals surface area contributed by atoms with Gasteiger partial charge in [0.2, 0.25) is 5.91 Å². The zero-order valence-electron chi connectivity index (χ0n) is 12.5. The molecule has 0 bridgehead atoms.